The Kier molecular flexibility index (Phi) is 5.83. The number of furan rings is 1. The maximum absolute atomic E-state index is 11.6. The van der Waals surface area contributed by atoms with Gasteiger partial charge in [-0.25, -0.2) is 0 Å². The third-order valence-corrected chi connectivity index (χ3v) is 3.34. The SMILES string of the molecule is CN(C)c1ccc(CCCNC(=O)C=Cc2ccco2)cc1. The van der Waals surface area contributed by atoms with Crippen molar-refractivity contribution in [1.82, 2.24) is 5.32 Å². The predicted octanol–water partition coefficient (Wildman–Crippen LogP) is 3.11. The molecule has 1 heterocycles. The Balaban J connectivity index is 1.67. The van der Waals surface area contributed by atoms with Crippen LogP contribution in [0.15, 0.2) is 53.2 Å². The number of carbonyl (C=O) groups excluding carboxylic acids is 1. The van der Waals surface area contributed by atoms with E-state index in [2.05, 4.69) is 34.5 Å². The van der Waals surface area contributed by atoms with Gasteiger partial charge in [0.25, 0.3) is 0 Å². The molecular weight excluding hydrogens is 276 g/mol. The molecule has 1 aromatic heterocycles. The van der Waals surface area contributed by atoms with Gasteiger partial charge in [-0.3, -0.25) is 4.79 Å². The van der Waals surface area contributed by atoms with Crippen molar-refractivity contribution < 1.29 is 9.21 Å². The highest BCUT2D eigenvalue weighted by Crippen LogP contribution is 2.13. The van der Waals surface area contributed by atoms with Crippen LogP contribution in [0.3, 0.4) is 0 Å². The third kappa shape index (κ3) is 5.13. The number of hydrogen-bond acceptors (Lipinski definition) is 3. The number of amides is 1. The van der Waals surface area contributed by atoms with Crippen molar-refractivity contribution >= 4 is 17.7 Å². The number of hydrogen-bond donors (Lipinski definition) is 1. The van der Waals surface area contributed by atoms with Gasteiger partial charge in [-0.1, -0.05) is 12.1 Å². The molecule has 4 nitrogen and oxygen atoms in total. The molecule has 2 rings (SSSR count). The molecule has 4 heteroatoms. The van der Waals surface area contributed by atoms with Crippen molar-refractivity contribution in [2.75, 3.05) is 25.5 Å². The highest BCUT2D eigenvalue weighted by molar-refractivity contribution is 5.91. The van der Waals surface area contributed by atoms with Gasteiger partial charge in [-0.15, -0.1) is 0 Å². The van der Waals surface area contributed by atoms with Crippen molar-refractivity contribution in [2.45, 2.75) is 12.8 Å². The predicted molar refractivity (Wildman–Crippen MR) is 89.8 cm³/mol. The van der Waals surface area contributed by atoms with Crippen molar-refractivity contribution in [3.05, 3.63) is 60.1 Å². The molecule has 0 bridgehead atoms. The number of rotatable bonds is 7. The first-order chi connectivity index (χ1) is 10.6. The van der Waals surface area contributed by atoms with E-state index in [1.165, 1.54) is 17.3 Å². The molecule has 0 atom stereocenters. The average molecular weight is 298 g/mol. The van der Waals surface area contributed by atoms with Crippen LogP contribution in [0.5, 0.6) is 0 Å². The second-order valence-corrected chi connectivity index (χ2v) is 5.30. The van der Waals surface area contributed by atoms with Gasteiger partial charge in [0.05, 0.1) is 6.26 Å². The number of nitrogens with zero attached hydrogens (tertiary/aromatic N) is 1. The van der Waals surface area contributed by atoms with E-state index in [9.17, 15) is 4.79 Å². The van der Waals surface area contributed by atoms with Crippen LogP contribution < -0.4 is 10.2 Å². The molecule has 0 fully saturated rings. The minimum Gasteiger partial charge on any atom is -0.465 e. The number of benzene rings is 1. The Morgan fingerprint density at radius 3 is 2.64 bits per heavy atom. The number of nitrogens with one attached hydrogen (secondary N) is 1. The van der Waals surface area contributed by atoms with Gasteiger partial charge in [0.15, 0.2) is 0 Å². The first-order valence-corrected chi connectivity index (χ1v) is 7.41. The van der Waals surface area contributed by atoms with Crippen LogP contribution in [-0.4, -0.2) is 26.5 Å². The van der Waals surface area contributed by atoms with E-state index in [1.807, 2.05) is 14.1 Å². The standard InChI is InChI=1S/C18H22N2O2/c1-20(2)16-9-7-15(8-10-16)5-3-13-19-18(21)12-11-17-6-4-14-22-17/h4,6-12,14H,3,5,13H2,1-2H3,(H,19,21). The van der Waals surface area contributed by atoms with E-state index < -0.39 is 0 Å². The maximum Gasteiger partial charge on any atom is 0.244 e. The molecule has 0 aliphatic rings. The Labute approximate surface area is 131 Å². The third-order valence-electron chi connectivity index (χ3n) is 3.34. The van der Waals surface area contributed by atoms with Crippen LogP contribution in [0.25, 0.3) is 6.08 Å². The van der Waals surface area contributed by atoms with E-state index in [0.29, 0.717) is 12.3 Å². The first kappa shape index (κ1) is 15.9. The lowest BCUT2D eigenvalue weighted by atomic mass is 10.1. The minimum atomic E-state index is -0.0978. The summed E-state index contributed by atoms with van der Waals surface area (Å²) in [5.41, 5.74) is 2.48. The highest BCUT2D eigenvalue weighted by atomic mass is 16.3. The van der Waals surface area contributed by atoms with E-state index in [1.54, 1.807) is 24.5 Å². The Hall–Kier alpha value is -2.49. The molecule has 116 valence electrons. The average Bonchev–Trinajstić information content (AvgIpc) is 3.03. The van der Waals surface area contributed by atoms with Gasteiger partial charge < -0.3 is 14.6 Å². The smallest absolute Gasteiger partial charge is 0.244 e. The van der Waals surface area contributed by atoms with Crippen molar-refractivity contribution in [3.8, 4) is 0 Å². The van der Waals surface area contributed by atoms with E-state index >= 15 is 0 Å². The van der Waals surface area contributed by atoms with E-state index in [4.69, 9.17) is 4.42 Å². The number of aryl methyl sites for hydroxylation is 1. The molecule has 0 unspecified atom stereocenters. The lowest BCUT2D eigenvalue weighted by Gasteiger charge is -2.12. The van der Waals surface area contributed by atoms with Crippen LogP contribution in [0.2, 0.25) is 0 Å². The minimum absolute atomic E-state index is 0.0978. The summed E-state index contributed by atoms with van der Waals surface area (Å²) in [5, 5.41) is 2.87. The molecule has 0 aliphatic heterocycles. The molecule has 22 heavy (non-hydrogen) atoms. The quantitative estimate of drug-likeness (QED) is 0.631. The summed E-state index contributed by atoms with van der Waals surface area (Å²) in [4.78, 5) is 13.7. The zero-order valence-corrected chi connectivity index (χ0v) is 13.1. The monoisotopic (exact) mass is 298 g/mol. The van der Waals surface area contributed by atoms with E-state index in [-0.39, 0.29) is 5.91 Å². The molecule has 1 N–H and O–H groups in total. The van der Waals surface area contributed by atoms with Crippen LogP contribution in [0, 0.1) is 0 Å². The largest absolute Gasteiger partial charge is 0.465 e. The van der Waals surface area contributed by atoms with Crippen LogP contribution >= 0.6 is 0 Å². The summed E-state index contributed by atoms with van der Waals surface area (Å²) in [6.45, 7) is 0.663. The number of anilines is 1. The zero-order valence-electron chi connectivity index (χ0n) is 13.1. The topological polar surface area (TPSA) is 45.5 Å². The lowest BCUT2D eigenvalue weighted by molar-refractivity contribution is -0.116. The molecular formula is C18H22N2O2. The van der Waals surface area contributed by atoms with Gasteiger partial charge >= 0.3 is 0 Å². The Bertz CT molecular complexity index is 599. The van der Waals surface area contributed by atoms with Crippen LogP contribution in [0.4, 0.5) is 5.69 Å². The summed E-state index contributed by atoms with van der Waals surface area (Å²) in [5.74, 6) is 0.579. The summed E-state index contributed by atoms with van der Waals surface area (Å²) in [7, 11) is 4.06. The van der Waals surface area contributed by atoms with Gasteiger partial charge in [0.2, 0.25) is 5.91 Å². The van der Waals surface area contributed by atoms with Gasteiger partial charge in [-0.2, -0.15) is 0 Å². The summed E-state index contributed by atoms with van der Waals surface area (Å²) >= 11 is 0. The van der Waals surface area contributed by atoms with Gasteiger partial charge in [0.1, 0.15) is 5.76 Å². The van der Waals surface area contributed by atoms with Crippen molar-refractivity contribution in [3.63, 3.8) is 0 Å². The lowest BCUT2D eigenvalue weighted by Crippen LogP contribution is -2.22. The summed E-state index contributed by atoms with van der Waals surface area (Å²) < 4.78 is 5.12. The fourth-order valence-corrected chi connectivity index (χ4v) is 2.07. The first-order valence-electron chi connectivity index (χ1n) is 7.41. The molecule has 1 amide bonds. The number of carbonyl (C=O) groups is 1. The molecule has 0 saturated carbocycles. The Morgan fingerprint density at radius 2 is 2.00 bits per heavy atom. The van der Waals surface area contributed by atoms with Crippen LogP contribution in [-0.2, 0) is 11.2 Å². The molecule has 1 aromatic carbocycles. The maximum atomic E-state index is 11.6. The molecule has 0 spiro atoms. The molecule has 0 aliphatic carbocycles. The van der Waals surface area contributed by atoms with Crippen molar-refractivity contribution in [2.24, 2.45) is 0 Å². The molecule has 0 saturated heterocycles. The second kappa shape index (κ2) is 8.08. The summed E-state index contributed by atoms with van der Waals surface area (Å²) in [6, 6.07) is 12.1. The Morgan fingerprint density at radius 1 is 1.23 bits per heavy atom. The molecule has 2 aromatic rings. The second-order valence-electron chi connectivity index (χ2n) is 5.30. The highest BCUT2D eigenvalue weighted by Gasteiger charge is 1.98. The van der Waals surface area contributed by atoms with Gasteiger partial charge in [-0.05, 0) is 48.7 Å². The van der Waals surface area contributed by atoms with Crippen molar-refractivity contribution in [1.29, 1.82) is 0 Å². The van der Waals surface area contributed by atoms with Gasteiger partial charge in [0, 0.05) is 32.4 Å². The molecule has 0 radical (unpaired) electrons. The van der Waals surface area contributed by atoms with E-state index in [0.717, 1.165) is 12.8 Å². The fraction of sp³-hybridized carbons (Fsp3) is 0.278. The van der Waals surface area contributed by atoms with Crippen LogP contribution in [0.1, 0.15) is 17.7 Å². The normalized spacial score (nSPS) is 10.8. The zero-order chi connectivity index (χ0) is 15.8. The summed E-state index contributed by atoms with van der Waals surface area (Å²) in [6.07, 6.45) is 6.61. The fourth-order valence-electron chi connectivity index (χ4n) is 2.07.